The zero-order valence-electron chi connectivity index (χ0n) is 12.5. The zero-order valence-corrected chi connectivity index (χ0v) is 13.3. The lowest BCUT2D eigenvalue weighted by molar-refractivity contribution is -0.385. The molecule has 1 unspecified atom stereocenters. The summed E-state index contributed by atoms with van der Waals surface area (Å²) in [6.45, 7) is 5.18. The van der Waals surface area contributed by atoms with E-state index in [-0.39, 0.29) is 11.3 Å². The number of benzene rings is 1. The fourth-order valence-electron chi connectivity index (χ4n) is 1.79. The smallest absolute Gasteiger partial charge is 0.282 e. The number of carbonyl (C=O) groups is 1. The minimum absolute atomic E-state index is 0.0928. The van der Waals surface area contributed by atoms with Crippen molar-refractivity contribution >= 4 is 29.0 Å². The van der Waals surface area contributed by atoms with Gasteiger partial charge in [-0.25, -0.2) is 0 Å². The third-order valence-electron chi connectivity index (χ3n) is 3.06. The van der Waals surface area contributed by atoms with Crippen LogP contribution in [0.2, 0.25) is 0 Å². The van der Waals surface area contributed by atoms with Crippen LogP contribution in [-0.2, 0) is 0 Å². The molecular formula is C14H21N3O3S. The van der Waals surface area contributed by atoms with Crippen LogP contribution < -0.4 is 10.6 Å². The minimum atomic E-state index is -0.533. The molecule has 0 aliphatic heterocycles. The summed E-state index contributed by atoms with van der Waals surface area (Å²) in [6.07, 6.45) is 2.84. The van der Waals surface area contributed by atoms with E-state index < -0.39 is 10.8 Å². The predicted molar refractivity (Wildman–Crippen MR) is 87.2 cm³/mol. The Morgan fingerprint density at radius 1 is 1.48 bits per heavy atom. The van der Waals surface area contributed by atoms with Gasteiger partial charge in [0.1, 0.15) is 5.56 Å². The van der Waals surface area contributed by atoms with Crippen LogP contribution in [0.3, 0.4) is 0 Å². The van der Waals surface area contributed by atoms with E-state index in [9.17, 15) is 14.9 Å². The lowest BCUT2D eigenvalue weighted by Crippen LogP contribution is -2.26. The number of thioether (sulfide) groups is 1. The Kier molecular flexibility index (Phi) is 7.01. The van der Waals surface area contributed by atoms with E-state index in [1.807, 2.05) is 13.2 Å². The molecule has 0 aliphatic carbocycles. The number of hydrogen-bond donors (Lipinski definition) is 2. The highest BCUT2D eigenvalue weighted by Gasteiger charge is 2.20. The summed E-state index contributed by atoms with van der Waals surface area (Å²) >= 11 is 1.72. The number of nitro groups is 1. The largest absolute Gasteiger partial charge is 0.385 e. The van der Waals surface area contributed by atoms with Gasteiger partial charge in [-0.1, -0.05) is 6.92 Å². The second-order valence-electron chi connectivity index (χ2n) is 4.61. The molecule has 0 bridgehead atoms. The molecule has 0 saturated heterocycles. The summed E-state index contributed by atoms with van der Waals surface area (Å²) in [5, 5.41) is 17.3. The number of nitro benzene ring substituents is 1. The molecule has 0 aromatic heterocycles. The molecule has 21 heavy (non-hydrogen) atoms. The molecule has 0 spiro atoms. The van der Waals surface area contributed by atoms with Crippen molar-refractivity contribution in [2.24, 2.45) is 0 Å². The van der Waals surface area contributed by atoms with Gasteiger partial charge in [-0.15, -0.1) is 0 Å². The Morgan fingerprint density at radius 3 is 2.76 bits per heavy atom. The number of nitrogens with zero attached hydrogens (tertiary/aromatic N) is 1. The van der Waals surface area contributed by atoms with Crippen LogP contribution in [0, 0.1) is 10.1 Å². The normalized spacial score (nSPS) is 11.8. The number of carbonyl (C=O) groups excluding carboxylic acids is 1. The van der Waals surface area contributed by atoms with Crippen LogP contribution in [0.4, 0.5) is 11.4 Å². The topological polar surface area (TPSA) is 84.3 Å². The monoisotopic (exact) mass is 311 g/mol. The van der Waals surface area contributed by atoms with E-state index in [0.717, 1.165) is 6.42 Å². The molecule has 1 atom stereocenters. The molecule has 116 valence electrons. The van der Waals surface area contributed by atoms with Gasteiger partial charge in [-0.2, -0.15) is 11.8 Å². The molecule has 0 heterocycles. The van der Waals surface area contributed by atoms with Gasteiger partial charge in [0.05, 0.1) is 4.92 Å². The van der Waals surface area contributed by atoms with Crippen molar-refractivity contribution in [1.29, 1.82) is 0 Å². The van der Waals surface area contributed by atoms with Gasteiger partial charge in [0.25, 0.3) is 11.6 Å². The van der Waals surface area contributed by atoms with E-state index in [0.29, 0.717) is 24.0 Å². The van der Waals surface area contributed by atoms with E-state index in [1.165, 1.54) is 12.1 Å². The molecule has 7 heteroatoms. The molecular weight excluding hydrogens is 290 g/mol. The number of nitrogens with one attached hydrogen (secondary N) is 2. The summed E-state index contributed by atoms with van der Waals surface area (Å²) in [5.74, 6) is -0.408. The quantitative estimate of drug-likeness (QED) is 0.569. The van der Waals surface area contributed by atoms with Crippen molar-refractivity contribution in [3.05, 3.63) is 33.9 Å². The van der Waals surface area contributed by atoms with Crippen molar-refractivity contribution in [3.63, 3.8) is 0 Å². The van der Waals surface area contributed by atoms with Gasteiger partial charge in [0.15, 0.2) is 0 Å². The van der Waals surface area contributed by atoms with Crippen LogP contribution in [0.25, 0.3) is 0 Å². The molecule has 0 aliphatic rings. The van der Waals surface area contributed by atoms with Crippen molar-refractivity contribution in [3.8, 4) is 0 Å². The molecule has 0 radical (unpaired) electrons. The van der Waals surface area contributed by atoms with Crippen LogP contribution in [-0.4, -0.2) is 35.4 Å². The summed E-state index contributed by atoms with van der Waals surface area (Å²) in [4.78, 5) is 22.6. The van der Waals surface area contributed by atoms with E-state index in [1.54, 1.807) is 17.8 Å². The van der Waals surface area contributed by atoms with Crippen LogP contribution in [0.15, 0.2) is 18.2 Å². The number of anilines is 1. The van der Waals surface area contributed by atoms with Crippen molar-refractivity contribution in [2.75, 3.05) is 24.7 Å². The number of rotatable bonds is 8. The highest BCUT2D eigenvalue weighted by molar-refractivity contribution is 7.99. The van der Waals surface area contributed by atoms with E-state index in [2.05, 4.69) is 17.6 Å². The third-order valence-corrected chi connectivity index (χ3v) is 4.10. The Bertz CT molecular complexity index is 508. The fourth-order valence-corrected chi connectivity index (χ4v) is 2.15. The van der Waals surface area contributed by atoms with Gasteiger partial charge in [0.2, 0.25) is 0 Å². The molecule has 0 saturated carbocycles. The van der Waals surface area contributed by atoms with Crippen LogP contribution >= 0.6 is 11.8 Å². The molecule has 1 rings (SSSR count). The first kappa shape index (κ1) is 17.3. The van der Waals surface area contributed by atoms with Gasteiger partial charge in [-0.3, -0.25) is 14.9 Å². The summed E-state index contributed by atoms with van der Waals surface area (Å²) in [7, 11) is 0. The Balaban J connectivity index is 2.84. The van der Waals surface area contributed by atoms with Gasteiger partial charge in [-0.05, 0) is 31.7 Å². The van der Waals surface area contributed by atoms with Gasteiger partial charge in [0, 0.05) is 30.1 Å². The SMILES string of the molecule is CCNc1ccc([N+](=O)[O-])c(C(=O)NCCC(C)SC)c1. The maximum atomic E-state index is 12.1. The summed E-state index contributed by atoms with van der Waals surface area (Å²) < 4.78 is 0. The zero-order chi connectivity index (χ0) is 15.8. The Morgan fingerprint density at radius 2 is 2.19 bits per heavy atom. The average molecular weight is 311 g/mol. The number of hydrogen-bond acceptors (Lipinski definition) is 5. The Labute approximate surface area is 128 Å². The first-order valence-corrected chi connectivity index (χ1v) is 8.11. The highest BCUT2D eigenvalue weighted by atomic mass is 32.2. The van der Waals surface area contributed by atoms with Crippen molar-refractivity contribution in [1.82, 2.24) is 5.32 Å². The Hall–Kier alpha value is -1.76. The molecule has 1 amide bonds. The second kappa shape index (κ2) is 8.51. The summed E-state index contributed by atoms with van der Waals surface area (Å²) in [6, 6.07) is 4.49. The molecule has 2 N–H and O–H groups in total. The predicted octanol–water partition coefficient (Wildman–Crippen LogP) is 2.90. The van der Waals surface area contributed by atoms with Crippen molar-refractivity contribution in [2.45, 2.75) is 25.5 Å². The van der Waals surface area contributed by atoms with Gasteiger partial charge >= 0.3 is 0 Å². The van der Waals surface area contributed by atoms with Gasteiger partial charge < -0.3 is 10.6 Å². The first-order chi connectivity index (χ1) is 9.99. The minimum Gasteiger partial charge on any atom is -0.385 e. The summed E-state index contributed by atoms with van der Waals surface area (Å²) in [5.41, 5.74) is 0.619. The fraction of sp³-hybridized carbons (Fsp3) is 0.500. The molecule has 1 aromatic carbocycles. The third kappa shape index (κ3) is 5.26. The lowest BCUT2D eigenvalue weighted by Gasteiger charge is -2.10. The first-order valence-electron chi connectivity index (χ1n) is 6.82. The molecule has 6 nitrogen and oxygen atoms in total. The second-order valence-corrected chi connectivity index (χ2v) is 5.89. The standard InChI is InChI=1S/C14H21N3O3S/c1-4-15-11-5-6-13(17(19)20)12(9-11)14(18)16-8-7-10(2)21-3/h5-6,9-10,15H,4,7-8H2,1-3H3,(H,16,18). The van der Waals surface area contributed by atoms with Crippen LogP contribution in [0.5, 0.6) is 0 Å². The van der Waals surface area contributed by atoms with Crippen molar-refractivity contribution < 1.29 is 9.72 Å². The number of amides is 1. The molecule has 0 fully saturated rings. The average Bonchev–Trinajstić information content (AvgIpc) is 2.46. The maximum absolute atomic E-state index is 12.1. The van der Waals surface area contributed by atoms with E-state index >= 15 is 0 Å². The lowest BCUT2D eigenvalue weighted by atomic mass is 10.1. The highest BCUT2D eigenvalue weighted by Crippen LogP contribution is 2.22. The molecule has 1 aromatic rings. The van der Waals surface area contributed by atoms with Crippen LogP contribution in [0.1, 0.15) is 30.6 Å². The maximum Gasteiger partial charge on any atom is 0.282 e. The van der Waals surface area contributed by atoms with E-state index in [4.69, 9.17) is 0 Å².